The van der Waals surface area contributed by atoms with Crippen molar-refractivity contribution in [1.29, 1.82) is 0 Å². The fourth-order valence-electron chi connectivity index (χ4n) is 13.4. The zero-order valence-electron chi connectivity index (χ0n) is 45.3. The summed E-state index contributed by atoms with van der Waals surface area (Å²) in [7, 11) is 1.49. The molecule has 5 aromatic rings. The minimum atomic E-state index is -0.950. The summed E-state index contributed by atoms with van der Waals surface area (Å²) in [4.78, 5) is 72.2. The highest BCUT2D eigenvalue weighted by molar-refractivity contribution is 6.07. The number of benzene rings is 4. The number of hydrogen-bond acceptors (Lipinski definition) is 12. The van der Waals surface area contributed by atoms with Crippen LogP contribution in [-0.2, 0) is 9.53 Å². The molecule has 1 saturated carbocycles. The number of carbonyl (C=O) groups is 4. The third-order valence-corrected chi connectivity index (χ3v) is 17.7. The van der Waals surface area contributed by atoms with Crippen molar-refractivity contribution in [2.45, 2.75) is 83.7 Å². The number of aryl methyl sites for hydroxylation is 1. The van der Waals surface area contributed by atoms with Gasteiger partial charge in [-0.05, 0) is 123 Å². The molecule has 1 aromatic heterocycles. The summed E-state index contributed by atoms with van der Waals surface area (Å²) in [5.41, 5.74) is 2.82. The number of likely N-dealkylation sites (tertiary alicyclic amines) is 1. The molecule has 17 nitrogen and oxygen atoms in total. The number of methoxy groups -OCH3 is 1. The van der Waals surface area contributed by atoms with Gasteiger partial charge in [-0.1, -0.05) is 31.0 Å². The van der Waals surface area contributed by atoms with Gasteiger partial charge in [-0.3, -0.25) is 24.7 Å². The van der Waals surface area contributed by atoms with E-state index in [1.54, 1.807) is 41.3 Å². The van der Waals surface area contributed by atoms with Gasteiger partial charge in [0.1, 0.15) is 22.9 Å². The van der Waals surface area contributed by atoms with E-state index in [4.69, 9.17) is 30.6 Å². The fraction of sp³-hybridized carbons (Fsp3) is 0.500. The molecule has 416 valence electrons. The number of hydrogen-bond donors (Lipinski definition) is 2. The molecular weight excluding hydrogens is 1010 g/mol. The average molecular weight is 1080 g/mol. The van der Waals surface area contributed by atoms with Gasteiger partial charge in [0.05, 0.1) is 24.3 Å². The predicted molar refractivity (Wildman–Crippen MR) is 295 cm³/mol. The van der Waals surface area contributed by atoms with Crippen molar-refractivity contribution in [3.63, 3.8) is 0 Å². The van der Waals surface area contributed by atoms with E-state index in [-0.39, 0.29) is 84.3 Å². The number of rotatable bonds is 14. The number of halogens is 2. The average Bonchev–Trinajstić information content (AvgIpc) is 3.83. The molecule has 19 heteroatoms. The number of fused-ring (bicyclic) bond motifs is 4. The van der Waals surface area contributed by atoms with E-state index in [1.165, 1.54) is 43.8 Å². The van der Waals surface area contributed by atoms with Gasteiger partial charge >= 0.3 is 18.1 Å². The first-order chi connectivity index (χ1) is 38.2. The maximum Gasteiger partial charge on any atom is 0.407 e. The number of ether oxygens (including phenoxy) is 3. The molecule has 79 heavy (non-hydrogen) atoms. The Morgan fingerprint density at radius 2 is 1.61 bits per heavy atom. The Hall–Kier alpha value is -7.14. The van der Waals surface area contributed by atoms with Gasteiger partial charge in [-0.25, -0.2) is 18.4 Å². The van der Waals surface area contributed by atoms with Crippen LogP contribution in [0, 0.1) is 48.2 Å². The number of carbonyl (C=O) groups excluding carboxylic acids is 3. The van der Waals surface area contributed by atoms with Crippen molar-refractivity contribution in [3.05, 3.63) is 82.9 Å². The third kappa shape index (κ3) is 11.0. The molecule has 1 spiro atoms. The first kappa shape index (κ1) is 53.8. The maximum atomic E-state index is 17.5. The molecule has 0 radical (unpaired) electrons. The van der Waals surface area contributed by atoms with Crippen LogP contribution in [0.2, 0.25) is 0 Å². The summed E-state index contributed by atoms with van der Waals surface area (Å²) in [5.74, 6) is 2.44. The van der Waals surface area contributed by atoms with Crippen LogP contribution in [0.4, 0.5) is 29.9 Å². The zero-order valence-corrected chi connectivity index (χ0v) is 45.3. The highest BCUT2D eigenvalue weighted by Crippen LogP contribution is 2.47. The van der Waals surface area contributed by atoms with Crippen LogP contribution in [0.5, 0.6) is 11.8 Å². The van der Waals surface area contributed by atoms with Crippen LogP contribution < -0.4 is 24.6 Å². The van der Waals surface area contributed by atoms with Crippen molar-refractivity contribution in [2.75, 3.05) is 102 Å². The SMILES string of the molecule is C#Cc1c(F)ccc2cc(OCOC)cc(-c3ccc4c(N5CC6CCC(C5)N6C(=O)O)nc(OC[C@H](C)CN5CCN(CC6CCC7(CC6)CCN(C(=O)c6ccc(C)c(N8CCC(=O)NC8=O)c6)CC7)CC5)nc4c3F)c12. The Morgan fingerprint density at radius 1 is 0.873 bits per heavy atom. The molecule has 5 saturated heterocycles. The number of nitrogens with one attached hydrogen (secondary N) is 1. The number of urea groups is 1. The Balaban J connectivity index is 0.709. The molecule has 2 unspecified atom stereocenters. The quantitative estimate of drug-likeness (QED) is 0.0801. The lowest BCUT2D eigenvalue weighted by molar-refractivity contribution is -0.120. The van der Waals surface area contributed by atoms with Gasteiger partial charge in [0.2, 0.25) is 5.91 Å². The van der Waals surface area contributed by atoms with Crippen molar-refractivity contribution in [3.8, 4) is 35.2 Å². The number of amides is 5. The van der Waals surface area contributed by atoms with E-state index >= 15 is 8.78 Å². The lowest BCUT2D eigenvalue weighted by Gasteiger charge is -2.47. The van der Waals surface area contributed by atoms with Crippen LogP contribution in [0.1, 0.15) is 86.2 Å². The summed E-state index contributed by atoms with van der Waals surface area (Å²) in [5, 5.41) is 13.8. The van der Waals surface area contributed by atoms with E-state index < -0.39 is 23.8 Å². The minimum absolute atomic E-state index is 0.00660. The Labute approximate surface area is 459 Å². The highest BCUT2D eigenvalue weighted by atomic mass is 19.1. The summed E-state index contributed by atoms with van der Waals surface area (Å²) in [6.07, 6.45) is 13.3. The van der Waals surface area contributed by atoms with Crippen molar-refractivity contribution < 1.29 is 47.3 Å². The maximum absolute atomic E-state index is 17.5. The number of anilines is 2. The summed E-state index contributed by atoms with van der Waals surface area (Å²) in [6, 6.07) is 14.1. The molecule has 4 aromatic carbocycles. The van der Waals surface area contributed by atoms with Crippen LogP contribution in [0.15, 0.2) is 54.6 Å². The summed E-state index contributed by atoms with van der Waals surface area (Å²) < 4.78 is 50.2. The van der Waals surface area contributed by atoms with Crippen LogP contribution >= 0.6 is 0 Å². The van der Waals surface area contributed by atoms with Crippen molar-refractivity contribution >= 4 is 57.1 Å². The van der Waals surface area contributed by atoms with Gasteiger partial charge in [0, 0.05) is 119 Å². The second-order valence-corrected chi connectivity index (χ2v) is 22.8. The van der Waals surface area contributed by atoms with Crippen LogP contribution in [0.3, 0.4) is 0 Å². The number of carboxylic acid groups (broad SMARTS) is 1. The smallest absolute Gasteiger partial charge is 0.407 e. The second-order valence-electron chi connectivity index (χ2n) is 22.8. The first-order valence-electron chi connectivity index (χ1n) is 27.9. The Bertz CT molecular complexity index is 3200. The fourth-order valence-corrected chi connectivity index (χ4v) is 13.4. The van der Waals surface area contributed by atoms with E-state index in [2.05, 4.69) is 28.0 Å². The number of nitrogens with zero attached hydrogens (tertiary/aromatic N) is 8. The lowest BCUT2D eigenvalue weighted by Crippen LogP contribution is -2.55. The third-order valence-electron chi connectivity index (χ3n) is 17.7. The molecule has 6 heterocycles. The standard InChI is InChI=1S/C60H69F2N9O8/c1-5-45-49(61)13-8-40-28-44(79-36-77-4)30-48(52(40)45)46-11-12-47-54(53(46)62)64-57(65-55(47)69-33-42-9-10-43(34-69)71(42)59(75)76)78-35-37(2)31-66-24-26-67(27-25-66)32-39-14-17-60(18-15-39)19-22-68(23-20-60)56(73)41-7-6-38(3)50(29-41)70-21-16-51(72)63-58(70)74/h1,6-8,11-13,28-30,37,39,42-43H,9-10,14-27,31-36H2,2-4H3,(H,75,76)(H,63,72,74)/t37-,42?,43?/m1/s1. The molecule has 2 N–H and O–H groups in total. The summed E-state index contributed by atoms with van der Waals surface area (Å²) in [6.45, 7) is 12.5. The van der Waals surface area contributed by atoms with E-state index in [1.807, 2.05) is 28.9 Å². The van der Waals surface area contributed by atoms with Gasteiger partial charge in [-0.15, -0.1) is 6.42 Å². The monoisotopic (exact) mass is 1080 g/mol. The van der Waals surface area contributed by atoms with Crippen LogP contribution in [-0.4, -0.2) is 163 Å². The number of terminal acetylenes is 1. The molecule has 2 bridgehead atoms. The van der Waals surface area contributed by atoms with E-state index in [9.17, 15) is 24.3 Å². The van der Waals surface area contributed by atoms with Crippen LogP contribution in [0.25, 0.3) is 32.8 Å². The number of piperidine rings is 1. The largest absolute Gasteiger partial charge is 0.468 e. The topological polar surface area (TPSA) is 173 Å². The number of piperazine rings is 2. The van der Waals surface area contributed by atoms with Crippen molar-refractivity contribution in [2.24, 2.45) is 17.3 Å². The van der Waals surface area contributed by atoms with E-state index in [0.717, 1.165) is 70.8 Å². The normalized spacial score (nSPS) is 21.4. The molecule has 5 amide bonds. The second kappa shape index (κ2) is 22.5. The van der Waals surface area contributed by atoms with Gasteiger partial charge in [-0.2, -0.15) is 9.97 Å². The predicted octanol–water partition coefficient (Wildman–Crippen LogP) is 8.52. The Morgan fingerprint density at radius 3 is 2.30 bits per heavy atom. The first-order valence-corrected chi connectivity index (χ1v) is 27.9. The van der Waals surface area contributed by atoms with Gasteiger partial charge in [0.15, 0.2) is 12.6 Å². The molecular formula is C60H69F2N9O8. The van der Waals surface area contributed by atoms with E-state index in [0.29, 0.717) is 76.4 Å². The zero-order chi connectivity index (χ0) is 55.1. The number of aromatic nitrogens is 2. The van der Waals surface area contributed by atoms with Crippen molar-refractivity contribution in [1.82, 2.24) is 34.9 Å². The minimum Gasteiger partial charge on any atom is -0.468 e. The lowest BCUT2D eigenvalue weighted by atomic mass is 9.65. The molecule has 6 aliphatic rings. The molecule has 5 aliphatic heterocycles. The molecule has 6 fully saturated rings. The molecule has 11 rings (SSSR count). The Kier molecular flexibility index (Phi) is 15.4. The van der Waals surface area contributed by atoms with Gasteiger partial charge in [0.25, 0.3) is 5.91 Å². The molecule has 1 aliphatic carbocycles. The highest BCUT2D eigenvalue weighted by Gasteiger charge is 2.44. The van der Waals surface area contributed by atoms with Gasteiger partial charge < -0.3 is 38.9 Å². The number of imide groups is 1. The summed E-state index contributed by atoms with van der Waals surface area (Å²) >= 11 is 0. The molecule has 3 atom stereocenters.